The van der Waals surface area contributed by atoms with Crippen LogP contribution < -0.4 is 15.0 Å². The van der Waals surface area contributed by atoms with Crippen LogP contribution in [0.2, 0.25) is 0 Å². The van der Waals surface area contributed by atoms with E-state index in [4.69, 9.17) is 9.47 Å². The van der Waals surface area contributed by atoms with Crippen molar-refractivity contribution in [1.82, 2.24) is 14.7 Å². The minimum atomic E-state index is -0.636. The summed E-state index contributed by atoms with van der Waals surface area (Å²) >= 11 is 0. The van der Waals surface area contributed by atoms with Gasteiger partial charge in [-0.15, -0.1) is 0 Å². The molecule has 138 valence electrons. The van der Waals surface area contributed by atoms with E-state index in [1.807, 2.05) is 0 Å². The van der Waals surface area contributed by atoms with Crippen molar-refractivity contribution in [3.8, 4) is 17.2 Å². The molecule has 2 aliphatic rings. The van der Waals surface area contributed by atoms with Crippen molar-refractivity contribution in [3.63, 3.8) is 0 Å². The second-order valence-corrected chi connectivity index (χ2v) is 6.33. The van der Waals surface area contributed by atoms with Gasteiger partial charge >= 0.3 is 5.82 Å². The lowest BCUT2D eigenvalue weighted by Crippen LogP contribution is -2.25. The fraction of sp³-hybridized carbons (Fsp3) is 0.500. The number of nitrogens with zero attached hydrogens (tertiary/aromatic N) is 5. The van der Waals surface area contributed by atoms with E-state index in [-0.39, 0.29) is 11.5 Å². The van der Waals surface area contributed by atoms with Gasteiger partial charge in [0.1, 0.15) is 18.9 Å². The highest BCUT2D eigenvalue weighted by Gasteiger charge is 2.26. The zero-order chi connectivity index (χ0) is 18.1. The standard InChI is InChI=1S/C16H19N5O5/c22-20-15(17-11-4-2-1-3-5-11)16(21(23)24)18-19(20)12-6-7-13-14(10-12)26-9-8-25-13/h6-7,10-11,22H,1-5,8-9H2. The van der Waals surface area contributed by atoms with Crippen LogP contribution in [-0.4, -0.2) is 44.1 Å². The Morgan fingerprint density at radius 3 is 2.65 bits per heavy atom. The van der Waals surface area contributed by atoms with E-state index in [0.29, 0.717) is 35.2 Å². The highest BCUT2D eigenvalue weighted by atomic mass is 16.6. The first kappa shape index (κ1) is 16.4. The third kappa shape index (κ3) is 2.98. The quantitative estimate of drug-likeness (QED) is 0.506. The molecule has 26 heavy (non-hydrogen) atoms. The van der Waals surface area contributed by atoms with Crippen molar-refractivity contribution >= 4 is 5.82 Å². The van der Waals surface area contributed by atoms with Crippen molar-refractivity contribution in [2.24, 2.45) is 4.99 Å². The number of ether oxygens (including phenoxy) is 2. The second-order valence-electron chi connectivity index (χ2n) is 6.33. The monoisotopic (exact) mass is 361 g/mol. The van der Waals surface area contributed by atoms with E-state index in [1.54, 1.807) is 18.2 Å². The summed E-state index contributed by atoms with van der Waals surface area (Å²) in [5.74, 6) is 0.601. The molecule has 0 amide bonds. The number of hydrogen-bond acceptors (Lipinski definition) is 7. The average Bonchev–Trinajstić information content (AvgIpc) is 2.99. The maximum Gasteiger partial charge on any atom is 0.438 e. The SMILES string of the molecule is O=[N+]([O-])c1nn(-c2ccc3c(c2)OCCO3)n(O)c1=NC1CCCCC1. The molecule has 10 heteroatoms. The molecule has 10 nitrogen and oxygen atoms in total. The molecule has 1 N–H and O–H groups in total. The Hall–Kier alpha value is -3.04. The molecule has 0 unspecified atom stereocenters. The fourth-order valence-corrected chi connectivity index (χ4v) is 3.29. The van der Waals surface area contributed by atoms with E-state index in [2.05, 4.69) is 10.1 Å². The Morgan fingerprint density at radius 1 is 1.19 bits per heavy atom. The first-order valence-electron chi connectivity index (χ1n) is 8.63. The molecule has 4 rings (SSSR count). The Labute approximate surface area is 148 Å². The molecule has 2 aromatic rings. The zero-order valence-electron chi connectivity index (χ0n) is 14.1. The molecule has 1 fully saturated rings. The van der Waals surface area contributed by atoms with E-state index >= 15 is 0 Å². The van der Waals surface area contributed by atoms with Gasteiger partial charge in [0.15, 0.2) is 11.5 Å². The number of aromatic nitrogens is 3. The minimum Gasteiger partial charge on any atom is -0.486 e. The molecule has 1 aliphatic carbocycles. The predicted molar refractivity (Wildman–Crippen MR) is 88.8 cm³/mol. The Bertz CT molecular complexity index is 897. The zero-order valence-corrected chi connectivity index (χ0v) is 14.1. The third-order valence-corrected chi connectivity index (χ3v) is 4.57. The van der Waals surface area contributed by atoms with Gasteiger partial charge in [0.25, 0.3) is 5.49 Å². The molecule has 0 saturated heterocycles. The summed E-state index contributed by atoms with van der Waals surface area (Å²) in [7, 11) is 0. The fourth-order valence-electron chi connectivity index (χ4n) is 3.29. The molecule has 1 aliphatic heterocycles. The lowest BCUT2D eigenvalue weighted by atomic mass is 9.96. The molecule has 1 saturated carbocycles. The summed E-state index contributed by atoms with van der Waals surface area (Å²) in [6, 6.07) is 4.89. The molecule has 1 aromatic heterocycles. The highest BCUT2D eigenvalue weighted by molar-refractivity contribution is 5.48. The first-order chi connectivity index (χ1) is 12.6. The minimum absolute atomic E-state index is 0.0428. The number of nitro groups is 1. The lowest BCUT2D eigenvalue weighted by Gasteiger charge is -2.18. The second kappa shape index (κ2) is 6.70. The van der Waals surface area contributed by atoms with Gasteiger partial charge in [-0.1, -0.05) is 24.1 Å². The molecule has 0 spiro atoms. The van der Waals surface area contributed by atoms with Gasteiger partial charge in [0, 0.05) is 6.07 Å². The first-order valence-corrected chi connectivity index (χ1v) is 8.63. The van der Waals surface area contributed by atoms with Gasteiger partial charge in [-0.25, -0.2) is 0 Å². The van der Waals surface area contributed by atoms with Crippen LogP contribution in [0.1, 0.15) is 32.1 Å². The number of rotatable bonds is 3. The Morgan fingerprint density at radius 2 is 1.92 bits per heavy atom. The van der Waals surface area contributed by atoms with E-state index in [1.165, 1.54) is 0 Å². The van der Waals surface area contributed by atoms with Crippen LogP contribution in [0.4, 0.5) is 5.82 Å². The van der Waals surface area contributed by atoms with E-state index in [9.17, 15) is 15.3 Å². The van der Waals surface area contributed by atoms with Gasteiger partial charge in [-0.2, -0.15) is 0 Å². The van der Waals surface area contributed by atoms with Gasteiger partial charge in [-0.05, 0) is 34.7 Å². The van der Waals surface area contributed by atoms with Crippen LogP contribution in [0.5, 0.6) is 11.5 Å². The molecule has 2 heterocycles. The summed E-state index contributed by atoms with van der Waals surface area (Å²) in [5.41, 5.74) is 0.265. The van der Waals surface area contributed by atoms with E-state index < -0.39 is 10.7 Å². The van der Waals surface area contributed by atoms with Crippen LogP contribution in [0.25, 0.3) is 5.69 Å². The van der Waals surface area contributed by atoms with Gasteiger partial charge in [-0.3, -0.25) is 4.99 Å². The average molecular weight is 361 g/mol. The molecule has 0 atom stereocenters. The van der Waals surface area contributed by atoms with Crippen molar-refractivity contribution < 1.29 is 19.6 Å². The highest BCUT2D eigenvalue weighted by Crippen LogP contribution is 2.31. The number of fused-ring (bicyclic) bond motifs is 1. The molecular weight excluding hydrogens is 342 g/mol. The topological polar surface area (TPSA) is 117 Å². The summed E-state index contributed by atoms with van der Waals surface area (Å²) < 4.78 is 11.0. The van der Waals surface area contributed by atoms with Crippen molar-refractivity contribution in [3.05, 3.63) is 33.8 Å². The number of benzene rings is 1. The summed E-state index contributed by atoms with van der Waals surface area (Å²) in [5, 5.41) is 25.8. The van der Waals surface area contributed by atoms with Crippen molar-refractivity contribution in [2.75, 3.05) is 13.2 Å². The largest absolute Gasteiger partial charge is 0.486 e. The van der Waals surface area contributed by atoms with Crippen LogP contribution in [0, 0.1) is 10.1 Å². The van der Waals surface area contributed by atoms with Gasteiger partial charge in [0.05, 0.1) is 11.1 Å². The van der Waals surface area contributed by atoms with Crippen LogP contribution >= 0.6 is 0 Å². The maximum atomic E-state index is 11.4. The Kier molecular flexibility index (Phi) is 4.23. The number of hydrogen-bond donors (Lipinski definition) is 1. The van der Waals surface area contributed by atoms with Crippen LogP contribution in [0.3, 0.4) is 0 Å². The smallest absolute Gasteiger partial charge is 0.438 e. The summed E-state index contributed by atoms with van der Waals surface area (Å²) in [4.78, 5) is 16.8. The Balaban J connectivity index is 1.79. The van der Waals surface area contributed by atoms with Gasteiger partial charge in [0.2, 0.25) is 0 Å². The molecule has 1 aromatic carbocycles. The summed E-state index contributed by atoms with van der Waals surface area (Å²) in [6.45, 7) is 0.876. The van der Waals surface area contributed by atoms with E-state index in [0.717, 1.165) is 36.9 Å². The van der Waals surface area contributed by atoms with Gasteiger partial charge < -0.3 is 24.8 Å². The lowest BCUT2D eigenvalue weighted by molar-refractivity contribution is -0.391. The maximum absolute atomic E-state index is 11.4. The van der Waals surface area contributed by atoms with Crippen LogP contribution in [0.15, 0.2) is 23.2 Å². The molecular formula is C16H19N5O5. The molecule has 0 bridgehead atoms. The van der Waals surface area contributed by atoms with Crippen LogP contribution in [-0.2, 0) is 0 Å². The third-order valence-electron chi connectivity index (χ3n) is 4.57. The van der Waals surface area contributed by atoms with Crippen molar-refractivity contribution in [2.45, 2.75) is 38.1 Å². The predicted octanol–water partition coefficient (Wildman–Crippen LogP) is 1.82. The molecule has 0 radical (unpaired) electrons. The van der Waals surface area contributed by atoms with Crippen molar-refractivity contribution in [1.29, 1.82) is 0 Å². The summed E-state index contributed by atoms with van der Waals surface area (Å²) in [6.07, 6.45) is 4.91. The normalized spacial score (nSPS) is 18.1.